The summed E-state index contributed by atoms with van der Waals surface area (Å²) in [6.45, 7) is 7.66. The van der Waals surface area contributed by atoms with E-state index in [1.54, 1.807) is 0 Å². The summed E-state index contributed by atoms with van der Waals surface area (Å²) in [4.78, 5) is 6.86. The Morgan fingerprint density at radius 1 is 1.33 bits per heavy atom. The molecule has 0 aromatic carbocycles. The first kappa shape index (κ1) is 15.8. The molecule has 1 atom stereocenters. The van der Waals surface area contributed by atoms with Crippen molar-refractivity contribution in [1.82, 2.24) is 14.7 Å². The van der Waals surface area contributed by atoms with Gasteiger partial charge in [-0.1, -0.05) is 19.9 Å². The first-order chi connectivity index (χ1) is 9.99. The lowest BCUT2D eigenvalue weighted by molar-refractivity contribution is 0.187. The van der Waals surface area contributed by atoms with Gasteiger partial charge in [0, 0.05) is 32.4 Å². The third kappa shape index (κ3) is 3.95. The van der Waals surface area contributed by atoms with Crippen molar-refractivity contribution in [3.63, 3.8) is 0 Å². The number of aliphatic hydroxyl groups excluding tert-OH is 1. The minimum atomic E-state index is -0.290. The van der Waals surface area contributed by atoms with Gasteiger partial charge in [-0.3, -0.25) is 0 Å². The van der Waals surface area contributed by atoms with E-state index in [1.165, 1.54) is 0 Å². The molecular weight excluding hydrogens is 264 g/mol. The molecule has 0 radical (unpaired) electrons. The number of aromatic nitrogens is 2. The molecule has 5 nitrogen and oxygen atoms in total. The van der Waals surface area contributed by atoms with Crippen LogP contribution in [0.1, 0.15) is 32.9 Å². The quantitative estimate of drug-likeness (QED) is 0.819. The zero-order valence-electron chi connectivity index (χ0n) is 13.4. The van der Waals surface area contributed by atoms with E-state index < -0.39 is 0 Å². The van der Waals surface area contributed by atoms with Gasteiger partial charge in [-0.15, -0.1) is 0 Å². The average Bonchev–Trinajstić information content (AvgIpc) is 2.81. The largest absolute Gasteiger partial charge is 0.393 e. The van der Waals surface area contributed by atoms with Crippen LogP contribution in [-0.4, -0.2) is 40.2 Å². The summed E-state index contributed by atoms with van der Waals surface area (Å²) in [5.41, 5.74) is 2.12. The summed E-state index contributed by atoms with van der Waals surface area (Å²) < 4.78 is 2.13. The molecule has 1 unspecified atom stereocenters. The number of rotatable bonds is 7. The van der Waals surface area contributed by atoms with Crippen LogP contribution in [0.15, 0.2) is 24.4 Å². The number of fused-ring (bicyclic) bond motifs is 1. The number of imidazole rings is 1. The predicted molar refractivity (Wildman–Crippen MR) is 86.7 cm³/mol. The van der Waals surface area contributed by atoms with Crippen molar-refractivity contribution in [3.05, 3.63) is 30.1 Å². The molecule has 0 fully saturated rings. The molecule has 116 valence electrons. The number of hydrogen-bond acceptors (Lipinski definition) is 4. The zero-order valence-corrected chi connectivity index (χ0v) is 13.4. The van der Waals surface area contributed by atoms with Crippen molar-refractivity contribution in [2.24, 2.45) is 0 Å². The van der Waals surface area contributed by atoms with Gasteiger partial charge in [-0.05, 0) is 25.5 Å². The van der Waals surface area contributed by atoms with Gasteiger partial charge in [0.05, 0.1) is 11.8 Å². The Kier molecular flexibility index (Phi) is 5.20. The van der Waals surface area contributed by atoms with Crippen LogP contribution in [0.2, 0.25) is 0 Å². The summed E-state index contributed by atoms with van der Waals surface area (Å²) in [5, 5.41) is 12.9. The number of hydrogen-bond donors (Lipinski definition) is 2. The fraction of sp³-hybridized carbons (Fsp3) is 0.562. The van der Waals surface area contributed by atoms with Crippen LogP contribution in [0, 0.1) is 0 Å². The fourth-order valence-corrected chi connectivity index (χ4v) is 2.29. The topological polar surface area (TPSA) is 52.8 Å². The van der Waals surface area contributed by atoms with Crippen LogP contribution >= 0.6 is 0 Å². The molecule has 21 heavy (non-hydrogen) atoms. The highest BCUT2D eigenvalue weighted by Gasteiger charge is 2.16. The fourth-order valence-electron chi connectivity index (χ4n) is 2.29. The van der Waals surface area contributed by atoms with Crippen molar-refractivity contribution >= 4 is 11.5 Å². The molecule has 0 saturated heterocycles. The van der Waals surface area contributed by atoms with Crippen molar-refractivity contribution in [1.29, 1.82) is 0 Å². The second kappa shape index (κ2) is 6.91. The van der Waals surface area contributed by atoms with Gasteiger partial charge < -0.3 is 19.7 Å². The van der Waals surface area contributed by atoms with Crippen LogP contribution in [0.4, 0.5) is 5.82 Å². The Balaban J connectivity index is 2.29. The van der Waals surface area contributed by atoms with Crippen LogP contribution < -0.4 is 10.2 Å². The van der Waals surface area contributed by atoms with E-state index in [2.05, 4.69) is 28.5 Å². The van der Waals surface area contributed by atoms with E-state index in [9.17, 15) is 5.11 Å². The number of nitrogens with zero attached hydrogens (tertiary/aromatic N) is 3. The molecule has 2 aromatic heterocycles. The van der Waals surface area contributed by atoms with Gasteiger partial charge in [0.15, 0.2) is 5.82 Å². The van der Waals surface area contributed by atoms with Gasteiger partial charge in [0.25, 0.3) is 0 Å². The van der Waals surface area contributed by atoms with Gasteiger partial charge in [-0.2, -0.15) is 0 Å². The molecule has 0 bridgehead atoms. The third-order valence-corrected chi connectivity index (χ3v) is 3.53. The highest BCUT2D eigenvalue weighted by atomic mass is 16.3. The molecule has 2 rings (SSSR count). The van der Waals surface area contributed by atoms with E-state index in [0.717, 1.165) is 36.7 Å². The van der Waals surface area contributed by atoms with Crippen molar-refractivity contribution in [2.75, 3.05) is 18.5 Å². The lowest BCUT2D eigenvalue weighted by atomic mass is 10.2. The van der Waals surface area contributed by atoms with Crippen molar-refractivity contribution < 1.29 is 5.11 Å². The van der Waals surface area contributed by atoms with Gasteiger partial charge >= 0.3 is 0 Å². The second-order valence-electron chi connectivity index (χ2n) is 5.91. The first-order valence-corrected chi connectivity index (χ1v) is 7.57. The predicted octanol–water partition coefficient (Wildman–Crippen LogP) is 2.04. The summed E-state index contributed by atoms with van der Waals surface area (Å²) in [6.07, 6.45) is 2.49. The number of nitrogens with one attached hydrogen (secondary N) is 1. The maximum atomic E-state index is 9.47. The Bertz CT molecular complexity index is 577. The third-order valence-electron chi connectivity index (χ3n) is 3.53. The summed E-state index contributed by atoms with van der Waals surface area (Å²) >= 11 is 0. The van der Waals surface area contributed by atoms with Gasteiger partial charge in [0.1, 0.15) is 5.65 Å². The Morgan fingerprint density at radius 2 is 2.10 bits per heavy atom. The van der Waals surface area contributed by atoms with Crippen LogP contribution in [0.3, 0.4) is 0 Å². The monoisotopic (exact) mass is 290 g/mol. The SMILES string of the molecule is CC(O)CCN(C)c1nc2ccccn2c1CNC(C)C. The molecule has 0 aliphatic heterocycles. The molecule has 0 aliphatic carbocycles. The summed E-state index contributed by atoms with van der Waals surface area (Å²) in [6, 6.07) is 6.47. The average molecular weight is 290 g/mol. The minimum absolute atomic E-state index is 0.290. The molecular formula is C16H26N4O. The van der Waals surface area contributed by atoms with E-state index in [-0.39, 0.29) is 6.10 Å². The standard InChI is InChI=1S/C16H26N4O/c1-12(2)17-11-14-16(19(4)10-8-13(3)21)18-15-7-5-6-9-20(14)15/h5-7,9,12-13,17,21H,8,10-11H2,1-4H3. The van der Waals surface area contributed by atoms with Crippen molar-refractivity contribution in [2.45, 2.75) is 45.9 Å². The van der Waals surface area contributed by atoms with Crippen LogP contribution in [0.5, 0.6) is 0 Å². The maximum absolute atomic E-state index is 9.47. The highest BCUT2D eigenvalue weighted by molar-refractivity contribution is 5.55. The normalized spacial score (nSPS) is 13.0. The molecule has 0 aliphatic rings. The van der Waals surface area contributed by atoms with Crippen LogP contribution in [-0.2, 0) is 6.54 Å². The highest BCUT2D eigenvalue weighted by Crippen LogP contribution is 2.21. The lowest BCUT2D eigenvalue weighted by Crippen LogP contribution is -2.27. The molecule has 2 heterocycles. The molecule has 0 spiro atoms. The molecule has 0 amide bonds. The second-order valence-corrected chi connectivity index (χ2v) is 5.91. The zero-order chi connectivity index (χ0) is 15.4. The number of anilines is 1. The van der Waals surface area contributed by atoms with E-state index in [1.807, 2.05) is 38.4 Å². The van der Waals surface area contributed by atoms with E-state index in [4.69, 9.17) is 4.98 Å². The van der Waals surface area contributed by atoms with Gasteiger partial charge in [-0.25, -0.2) is 4.98 Å². The summed E-state index contributed by atoms with van der Waals surface area (Å²) in [7, 11) is 2.03. The Labute approximate surface area is 126 Å². The van der Waals surface area contributed by atoms with Crippen molar-refractivity contribution in [3.8, 4) is 0 Å². The molecule has 2 aromatic rings. The van der Waals surface area contributed by atoms with Crippen LogP contribution in [0.25, 0.3) is 5.65 Å². The Morgan fingerprint density at radius 3 is 2.76 bits per heavy atom. The van der Waals surface area contributed by atoms with E-state index in [0.29, 0.717) is 6.04 Å². The molecule has 5 heteroatoms. The Hall–Kier alpha value is -1.59. The molecule has 0 saturated carbocycles. The lowest BCUT2D eigenvalue weighted by Gasteiger charge is -2.20. The summed E-state index contributed by atoms with van der Waals surface area (Å²) in [5.74, 6) is 0.981. The van der Waals surface area contributed by atoms with E-state index >= 15 is 0 Å². The molecule has 2 N–H and O–H groups in total. The number of aliphatic hydroxyl groups is 1. The minimum Gasteiger partial charge on any atom is -0.393 e. The maximum Gasteiger partial charge on any atom is 0.152 e. The van der Waals surface area contributed by atoms with Gasteiger partial charge in [0.2, 0.25) is 0 Å². The smallest absolute Gasteiger partial charge is 0.152 e. The first-order valence-electron chi connectivity index (χ1n) is 7.57. The number of pyridine rings is 1.